The molecule has 0 heteroatoms. The van der Waals surface area contributed by atoms with Gasteiger partial charge in [0.2, 0.25) is 0 Å². The molecule has 0 heterocycles. The third-order valence-electron chi connectivity index (χ3n) is 10.0. The van der Waals surface area contributed by atoms with Gasteiger partial charge in [-0.1, -0.05) is 119 Å². The van der Waals surface area contributed by atoms with Gasteiger partial charge in [-0.25, -0.2) is 0 Å². The van der Waals surface area contributed by atoms with Crippen LogP contribution in [0.3, 0.4) is 0 Å². The second-order valence-electron chi connectivity index (χ2n) is 12.8. The number of benzene rings is 4. The third kappa shape index (κ3) is 3.95. The summed E-state index contributed by atoms with van der Waals surface area (Å²) in [7, 11) is 0. The minimum absolute atomic E-state index is 0.00688. The molecule has 4 aromatic rings. The van der Waals surface area contributed by atoms with Crippen LogP contribution in [0.15, 0.2) is 84.5 Å². The van der Waals surface area contributed by atoms with Crippen molar-refractivity contribution >= 4 is 16.3 Å². The maximum absolute atomic E-state index is 2.53. The zero-order valence-corrected chi connectivity index (χ0v) is 24.9. The van der Waals surface area contributed by atoms with Crippen molar-refractivity contribution in [1.82, 2.24) is 0 Å². The van der Waals surface area contributed by atoms with Crippen LogP contribution in [0.1, 0.15) is 112 Å². The van der Waals surface area contributed by atoms with E-state index in [1.54, 1.807) is 0 Å². The van der Waals surface area contributed by atoms with Gasteiger partial charge < -0.3 is 0 Å². The molecule has 0 saturated heterocycles. The van der Waals surface area contributed by atoms with Gasteiger partial charge in [0.15, 0.2) is 0 Å². The van der Waals surface area contributed by atoms with Gasteiger partial charge in [-0.2, -0.15) is 0 Å². The van der Waals surface area contributed by atoms with E-state index in [0.29, 0.717) is 17.8 Å². The van der Waals surface area contributed by atoms with Crippen molar-refractivity contribution in [3.05, 3.63) is 123 Å². The summed E-state index contributed by atoms with van der Waals surface area (Å²) in [6, 6.07) is 26.0. The summed E-state index contributed by atoms with van der Waals surface area (Å²) >= 11 is 0. The molecule has 198 valence electrons. The summed E-state index contributed by atoms with van der Waals surface area (Å²) in [6.07, 6.45) is 5.62. The zero-order chi connectivity index (χ0) is 27.6. The van der Waals surface area contributed by atoms with E-state index in [1.165, 1.54) is 72.0 Å². The van der Waals surface area contributed by atoms with Crippen LogP contribution < -0.4 is 0 Å². The van der Waals surface area contributed by atoms with Crippen LogP contribution in [0.5, 0.6) is 0 Å². The molecule has 0 spiro atoms. The Morgan fingerprint density at radius 2 is 1.44 bits per heavy atom. The normalized spacial score (nSPS) is 19.2. The highest BCUT2D eigenvalue weighted by atomic mass is 14.4. The molecule has 0 radical (unpaired) electrons. The van der Waals surface area contributed by atoms with Crippen molar-refractivity contribution in [1.29, 1.82) is 0 Å². The van der Waals surface area contributed by atoms with Gasteiger partial charge in [-0.3, -0.25) is 0 Å². The lowest BCUT2D eigenvalue weighted by Gasteiger charge is -2.29. The van der Waals surface area contributed by atoms with E-state index >= 15 is 0 Å². The van der Waals surface area contributed by atoms with Gasteiger partial charge in [0.05, 0.1) is 0 Å². The third-order valence-corrected chi connectivity index (χ3v) is 10.0. The zero-order valence-electron chi connectivity index (χ0n) is 24.9. The second kappa shape index (κ2) is 9.37. The molecule has 3 atom stereocenters. The number of hydrogen-bond acceptors (Lipinski definition) is 0. The number of aryl methyl sites for hydroxylation is 1. The van der Waals surface area contributed by atoms with E-state index in [4.69, 9.17) is 0 Å². The van der Waals surface area contributed by atoms with Gasteiger partial charge in [-0.05, 0) is 111 Å². The van der Waals surface area contributed by atoms with Crippen molar-refractivity contribution in [2.75, 3.05) is 0 Å². The number of hydrogen-bond donors (Lipinski definition) is 0. The summed E-state index contributed by atoms with van der Waals surface area (Å²) in [6.45, 7) is 18.7. The first-order valence-electron chi connectivity index (χ1n) is 14.8. The predicted octanol–water partition coefficient (Wildman–Crippen LogP) is 11.2. The molecule has 3 unspecified atom stereocenters. The highest BCUT2D eigenvalue weighted by Crippen LogP contribution is 2.53. The summed E-state index contributed by atoms with van der Waals surface area (Å²) in [4.78, 5) is 0. The van der Waals surface area contributed by atoms with Crippen molar-refractivity contribution in [3.63, 3.8) is 0 Å². The molecule has 2 aliphatic carbocycles. The summed E-state index contributed by atoms with van der Waals surface area (Å²) in [5, 5.41) is 2.76. The van der Waals surface area contributed by atoms with Gasteiger partial charge in [0.1, 0.15) is 0 Å². The Kier molecular flexibility index (Phi) is 6.22. The van der Waals surface area contributed by atoms with Crippen molar-refractivity contribution < 1.29 is 0 Å². The molecule has 39 heavy (non-hydrogen) atoms. The smallest absolute Gasteiger partial charge is 0.0159 e. The highest BCUT2D eigenvalue weighted by molar-refractivity contribution is 6.03. The van der Waals surface area contributed by atoms with Crippen LogP contribution in [0.2, 0.25) is 0 Å². The van der Waals surface area contributed by atoms with Gasteiger partial charge in [0.25, 0.3) is 0 Å². The quantitative estimate of drug-likeness (QED) is 0.256. The largest absolute Gasteiger partial charge is 0.0870 e. The maximum Gasteiger partial charge on any atom is 0.0159 e. The van der Waals surface area contributed by atoms with E-state index in [1.807, 2.05) is 0 Å². The molecule has 0 bridgehead atoms. The Morgan fingerprint density at radius 1 is 0.795 bits per heavy atom. The molecule has 0 amide bonds. The molecule has 4 aromatic carbocycles. The predicted molar refractivity (Wildman–Crippen MR) is 170 cm³/mol. The standard InChI is InChI=1S/C39H42/c1-9-12-30-23(2)19-24(3)35-21-28(15-17-32(30)35)26(5)27(6)29-16-18-34-36(22-29)39(7,8)37-20-25(4)31-13-10-11-14-33(31)38(34)37/h9-18,20-22,24,26-27H,19H2,1-8H3/b12-9-. The van der Waals surface area contributed by atoms with Crippen LogP contribution in [-0.2, 0) is 5.41 Å². The van der Waals surface area contributed by atoms with Gasteiger partial charge in [0, 0.05) is 5.41 Å². The fraction of sp³-hybridized carbons (Fsp3) is 0.333. The Morgan fingerprint density at radius 3 is 2.13 bits per heavy atom. The minimum Gasteiger partial charge on any atom is -0.0870 e. The summed E-state index contributed by atoms with van der Waals surface area (Å²) in [5.74, 6) is 1.43. The van der Waals surface area contributed by atoms with E-state index in [0.717, 1.165) is 6.42 Å². The van der Waals surface area contributed by atoms with E-state index in [-0.39, 0.29) is 5.41 Å². The van der Waals surface area contributed by atoms with Gasteiger partial charge in [-0.15, -0.1) is 0 Å². The summed E-state index contributed by atoms with van der Waals surface area (Å²) < 4.78 is 0. The Hall–Kier alpha value is -3.38. The molecule has 0 aliphatic heterocycles. The van der Waals surface area contributed by atoms with Crippen molar-refractivity contribution in [2.24, 2.45) is 0 Å². The average molecular weight is 511 g/mol. The van der Waals surface area contributed by atoms with Crippen molar-refractivity contribution in [3.8, 4) is 11.1 Å². The fourth-order valence-electron chi connectivity index (χ4n) is 7.47. The first-order valence-corrected chi connectivity index (χ1v) is 14.8. The SMILES string of the molecule is C/C=C\C1=C(C)CC(C)c2cc(C(C)C(C)c3ccc4c(c3)C(C)(C)c3cc(C)c5ccccc5c3-4)ccc21. The van der Waals surface area contributed by atoms with Gasteiger partial charge >= 0.3 is 0 Å². The molecule has 0 aromatic heterocycles. The molecular weight excluding hydrogens is 468 g/mol. The first kappa shape index (κ1) is 25.9. The lowest BCUT2D eigenvalue weighted by atomic mass is 9.76. The van der Waals surface area contributed by atoms with Crippen LogP contribution in [0.25, 0.3) is 27.5 Å². The van der Waals surface area contributed by atoms with E-state index < -0.39 is 0 Å². The lowest BCUT2D eigenvalue weighted by Crippen LogP contribution is -2.16. The first-order chi connectivity index (χ1) is 18.6. The van der Waals surface area contributed by atoms with Crippen molar-refractivity contribution in [2.45, 2.75) is 85.0 Å². The molecule has 2 aliphatic rings. The monoisotopic (exact) mass is 510 g/mol. The molecule has 0 saturated carbocycles. The van der Waals surface area contributed by atoms with E-state index in [2.05, 4.69) is 134 Å². The molecule has 6 rings (SSSR count). The van der Waals surface area contributed by atoms with Crippen LogP contribution in [-0.4, -0.2) is 0 Å². The molecule has 0 fully saturated rings. The molecule has 0 N–H and O–H groups in total. The summed E-state index contributed by atoms with van der Waals surface area (Å²) in [5.41, 5.74) is 15.9. The fourth-order valence-corrected chi connectivity index (χ4v) is 7.47. The Labute approximate surface area is 235 Å². The van der Waals surface area contributed by atoms with Crippen LogP contribution in [0.4, 0.5) is 0 Å². The Balaban J connectivity index is 1.39. The number of rotatable bonds is 4. The van der Waals surface area contributed by atoms with E-state index in [9.17, 15) is 0 Å². The van der Waals surface area contributed by atoms with Crippen LogP contribution >= 0.6 is 0 Å². The highest BCUT2D eigenvalue weighted by Gasteiger charge is 2.37. The lowest BCUT2D eigenvalue weighted by molar-refractivity contribution is 0.614. The number of allylic oxidation sites excluding steroid dienone is 4. The number of fused-ring (bicyclic) bond motifs is 6. The second-order valence-corrected chi connectivity index (χ2v) is 12.8. The topological polar surface area (TPSA) is 0 Å². The average Bonchev–Trinajstić information content (AvgIpc) is 3.16. The maximum atomic E-state index is 2.53. The minimum atomic E-state index is -0.00688. The molecular formula is C39H42. The Bertz CT molecular complexity index is 1670. The van der Waals surface area contributed by atoms with Crippen LogP contribution in [0, 0.1) is 6.92 Å². The molecule has 0 nitrogen and oxygen atoms in total.